The number of para-hydroxylation sites is 1. The fourth-order valence-corrected chi connectivity index (χ4v) is 2.51. The number of benzene rings is 2. The first kappa shape index (κ1) is 19.6. The fourth-order valence-electron chi connectivity index (χ4n) is 2.51. The molecule has 2 N–H and O–H groups in total. The van der Waals surface area contributed by atoms with Crippen molar-refractivity contribution < 1.29 is 23.9 Å². The molecule has 0 bridgehead atoms. The van der Waals surface area contributed by atoms with Gasteiger partial charge in [-0.15, -0.1) is 0 Å². The summed E-state index contributed by atoms with van der Waals surface area (Å²) in [7, 11) is 0. The number of esters is 1. The highest BCUT2D eigenvalue weighted by atomic mass is 16.6. The highest BCUT2D eigenvalue weighted by Gasteiger charge is 2.34. The third-order valence-electron chi connectivity index (χ3n) is 4.02. The molecule has 0 aromatic heterocycles. The summed E-state index contributed by atoms with van der Waals surface area (Å²) >= 11 is 0. The number of ether oxygens (including phenoxy) is 2. The van der Waals surface area contributed by atoms with Crippen molar-refractivity contribution in [2.45, 2.75) is 13.0 Å². The molecule has 1 amide bonds. The molecule has 1 aliphatic rings. The van der Waals surface area contributed by atoms with Crippen molar-refractivity contribution in [3.63, 3.8) is 0 Å². The van der Waals surface area contributed by atoms with Crippen LogP contribution in [0.4, 0.5) is 11.4 Å². The molecule has 8 heteroatoms. The normalized spacial score (nSPS) is 13.9. The zero-order valence-corrected chi connectivity index (χ0v) is 15.5. The summed E-state index contributed by atoms with van der Waals surface area (Å²) in [5.74, 6) is -2.07. The largest absolute Gasteiger partial charge is 0.470 e. The number of carbonyl (C=O) groups excluding carboxylic acids is 3. The summed E-state index contributed by atoms with van der Waals surface area (Å²) in [6.45, 7) is 1.10. The van der Waals surface area contributed by atoms with E-state index in [1.54, 1.807) is 48.5 Å². The monoisotopic (exact) mass is 391 g/mol. The van der Waals surface area contributed by atoms with Gasteiger partial charge in [0.1, 0.15) is 0 Å². The molecule has 0 saturated heterocycles. The Bertz CT molecular complexity index is 1010. The van der Waals surface area contributed by atoms with E-state index in [0.29, 0.717) is 16.9 Å². The second-order valence-electron chi connectivity index (χ2n) is 6.13. The number of hydrogen-bond donors (Lipinski definition) is 2. The Labute approximate surface area is 166 Å². The molecule has 0 fully saturated rings. The van der Waals surface area contributed by atoms with E-state index in [-0.39, 0.29) is 18.1 Å². The number of nitrogens with zero attached hydrogens (tertiary/aromatic N) is 1. The summed E-state index contributed by atoms with van der Waals surface area (Å²) in [5, 5.41) is 14.2. The summed E-state index contributed by atoms with van der Waals surface area (Å²) in [6, 6.07) is 17.1. The fraction of sp³-hybridized carbons (Fsp3) is 0.143. The number of ketones is 1. The van der Waals surface area contributed by atoms with E-state index in [0.717, 1.165) is 0 Å². The van der Waals surface area contributed by atoms with Crippen molar-refractivity contribution in [2.24, 2.45) is 0 Å². The van der Waals surface area contributed by atoms with E-state index in [9.17, 15) is 14.4 Å². The Kier molecular flexibility index (Phi) is 5.90. The van der Waals surface area contributed by atoms with Crippen LogP contribution < -0.4 is 10.6 Å². The average Bonchev–Trinajstić information content (AvgIpc) is 3.09. The van der Waals surface area contributed by atoms with Crippen molar-refractivity contribution in [1.82, 2.24) is 0 Å². The molecule has 0 saturated carbocycles. The minimum absolute atomic E-state index is 0.00843. The van der Waals surface area contributed by atoms with Gasteiger partial charge in [0.15, 0.2) is 18.3 Å². The molecule has 0 unspecified atom stereocenters. The summed E-state index contributed by atoms with van der Waals surface area (Å²) in [4.78, 5) is 36.8. The van der Waals surface area contributed by atoms with Gasteiger partial charge >= 0.3 is 5.97 Å². The molecule has 1 atom stereocenters. The van der Waals surface area contributed by atoms with Gasteiger partial charge in [-0.1, -0.05) is 18.2 Å². The molecule has 2 aromatic carbocycles. The lowest BCUT2D eigenvalue weighted by Crippen LogP contribution is -2.31. The minimum Gasteiger partial charge on any atom is -0.470 e. The maximum Gasteiger partial charge on any atom is 0.348 e. The zero-order valence-electron chi connectivity index (χ0n) is 15.5. The van der Waals surface area contributed by atoms with E-state index in [2.05, 4.69) is 10.6 Å². The van der Waals surface area contributed by atoms with Crippen molar-refractivity contribution in [3.05, 3.63) is 71.6 Å². The van der Waals surface area contributed by atoms with Gasteiger partial charge < -0.3 is 20.1 Å². The van der Waals surface area contributed by atoms with Crippen molar-refractivity contribution in [2.75, 3.05) is 17.2 Å². The van der Waals surface area contributed by atoms with Gasteiger partial charge in [0.25, 0.3) is 5.91 Å². The SMILES string of the molecule is C[C@H](OC(=O)C1=C(Nc2ccccc2)OCC1=O)C(=O)Nc1ccc(C#N)cc1. The van der Waals surface area contributed by atoms with Crippen LogP contribution in [0.1, 0.15) is 12.5 Å². The molecular weight excluding hydrogens is 374 g/mol. The number of amides is 1. The summed E-state index contributed by atoms with van der Waals surface area (Å²) in [5.41, 5.74) is 1.26. The van der Waals surface area contributed by atoms with Crippen LogP contribution in [0.3, 0.4) is 0 Å². The van der Waals surface area contributed by atoms with Crippen LogP contribution in [-0.4, -0.2) is 30.4 Å². The van der Waals surface area contributed by atoms with Gasteiger partial charge in [-0.05, 0) is 43.3 Å². The molecular formula is C21H17N3O5. The molecule has 0 aliphatic carbocycles. The van der Waals surface area contributed by atoms with Gasteiger partial charge in [0.2, 0.25) is 11.7 Å². The van der Waals surface area contributed by atoms with Gasteiger partial charge in [-0.2, -0.15) is 5.26 Å². The van der Waals surface area contributed by atoms with Crippen LogP contribution in [0.5, 0.6) is 0 Å². The van der Waals surface area contributed by atoms with Gasteiger partial charge in [0, 0.05) is 11.4 Å². The molecule has 146 valence electrons. The number of carbonyl (C=O) groups is 3. The Hall–Kier alpha value is -4.12. The molecule has 0 spiro atoms. The van der Waals surface area contributed by atoms with E-state index in [1.807, 2.05) is 12.1 Å². The van der Waals surface area contributed by atoms with Crippen LogP contribution in [-0.2, 0) is 23.9 Å². The first-order chi connectivity index (χ1) is 14.0. The van der Waals surface area contributed by atoms with Crippen LogP contribution in [0.2, 0.25) is 0 Å². The van der Waals surface area contributed by atoms with E-state index in [1.165, 1.54) is 6.92 Å². The molecule has 1 aliphatic heterocycles. The number of anilines is 2. The molecule has 29 heavy (non-hydrogen) atoms. The Morgan fingerprint density at radius 3 is 2.45 bits per heavy atom. The van der Waals surface area contributed by atoms with Crippen molar-refractivity contribution >= 4 is 29.0 Å². The van der Waals surface area contributed by atoms with Crippen LogP contribution >= 0.6 is 0 Å². The zero-order chi connectivity index (χ0) is 20.8. The molecule has 8 nitrogen and oxygen atoms in total. The summed E-state index contributed by atoms with van der Waals surface area (Å²) < 4.78 is 10.4. The third kappa shape index (κ3) is 4.78. The predicted octanol–water partition coefficient (Wildman–Crippen LogP) is 2.35. The van der Waals surface area contributed by atoms with Gasteiger partial charge in [-0.3, -0.25) is 9.59 Å². The number of rotatable bonds is 6. The van der Waals surface area contributed by atoms with Crippen molar-refractivity contribution in [1.29, 1.82) is 5.26 Å². The van der Waals surface area contributed by atoms with Crippen LogP contribution in [0.25, 0.3) is 0 Å². The molecule has 0 radical (unpaired) electrons. The Morgan fingerprint density at radius 1 is 1.10 bits per heavy atom. The lowest BCUT2D eigenvalue weighted by atomic mass is 10.2. The van der Waals surface area contributed by atoms with Crippen LogP contribution in [0, 0.1) is 11.3 Å². The quantitative estimate of drug-likeness (QED) is 0.573. The Morgan fingerprint density at radius 2 is 1.79 bits per heavy atom. The number of Topliss-reactive ketones (excluding diaryl/α,β-unsaturated/α-hetero) is 1. The average molecular weight is 391 g/mol. The maximum atomic E-state index is 12.5. The smallest absolute Gasteiger partial charge is 0.348 e. The van der Waals surface area contributed by atoms with Crippen LogP contribution in [0.15, 0.2) is 66.1 Å². The van der Waals surface area contributed by atoms with Gasteiger partial charge in [0.05, 0.1) is 11.6 Å². The molecule has 3 rings (SSSR count). The first-order valence-electron chi connectivity index (χ1n) is 8.72. The second-order valence-corrected chi connectivity index (χ2v) is 6.13. The first-order valence-corrected chi connectivity index (χ1v) is 8.72. The molecule has 2 aromatic rings. The minimum atomic E-state index is -1.16. The lowest BCUT2D eigenvalue weighted by Gasteiger charge is -2.14. The third-order valence-corrected chi connectivity index (χ3v) is 4.02. The number of nitriles is 1. The maximum absolute atomic E-state index is 12.5. The second kappa shape index (κ2) is 8.71. The highest BCUT2D eigenvalue weighted by molar-refractivity contribution is 6.20. The van der Waals surface area contributed by atoms with E-state index in [4.69, 9.17) is 14.7 Å². The summed E-state index contributed by atoms with van der Waals surface area (Å²) in [6.07, 6.45) is -1.16. The standard InChI is InChI=1S/C21H17N3O5/c1-13(19(26)23-16-9-7-14(11-22)8-10-16)29-21(27)18-17(25)12-28-20(18)24-15-5-3-2-4-6-15/h2-10,13,24H,12H2,1H3,(H,23,26)/t13-/m0/s1. The topological polar surface area (TPSA) is 118 Å². The van der Waals surface area contributed by atoms with E-state index < -0.39 is 23.8 Å². The Balaban J connectivity index is 1.66. The lowest BCUT2D eigenvalue weighted by molar-refractivity contribution is -0.150. The number of nitrogens with one attached hydrogen (secondary N) is 2. The van der Waals surface area contributed by atoms with Gasteiger partial charge in [-0.25, -0.2) is 4.79 Å². The van der Waals surface area contributed by atoms with E-state index >= 15 is 0 Å². The highest BCUT2D eigenvalue weighted by Crippen LogP contribution is 2.21. The van der Waals surface area contributed by atoms with Crippen molar-refractivity contribution in [3.8, 4) is 6.07 Å². The number of hydrogen-bond acceptors (Lipinski definition) is 7. The predicted molar refractivity (Wildman–Crippen MR) is 103 cm³/mol. The molecule has 1 heterocycles.